The second-order valence-corrected chi connectivity index (χ2v) is 4.99. The fraction of sp³-hybridized carbons (Fsp3) is 0.500. The summed E-state index contributed by atoms with van der Waals surface area (Å²) in [7, 11) is 0. The zero-order valence-corrected chi connectivity index (χ0v) is 11.1. The lowest BCUT2D eigenvalue weighted by atomic mass is 10.0. The van der Waals surface area contributed by atoms with Gasteiger partial charge in [0.1, 0.15) is 5.15 Å². The van der Waals surface area contributed by atoms with Crippen LogP contribution in [0.4, 0.5) is 5.69 Å². The number of amides is 1. The number of nitrogens with two attached hydrogens (primary N) is 1. The molecule has 0 fully saturated rings. The summed E-state index contributed by atoms with van der Waals surface area (Å²) < 4.78 is 0. The van der Waals surface area contributed by atoms with Crippen LogP contribution in [-0.4, -0.2) is 16.9 Å². The molecular formula is C12H18ClN3O. The van der Waals surface area contributed by atoms with Gasteiger partial charge in [-0.15, -0.1) is 0 Å². The maximum atomic E-state index is 11.9. The van der Waals surface area contributed by atoms with Crippen molar-refractivity contribution in [3.8, 4) is 0 Å². The molecule has 0 saturated heterocycles. The molecule has 1 rings (SSSR count). The molecule has 1 atom stereocenters. The van der Waals surface area contributed by atoms with Crippen molar-refractivity contribution in [1.29, 1.82) is 0 Å². The Morgan fingerprint density at radius 3 is 2.76 bits per heavy atom. The Labute approximate surface area is 107 Å². The van der Waals surface area contributed by atoms with Gasteiger partial charge in [-0.05, 0) is 25.3 Å². The van der Waals surface area contributed by atoms with Crippen molar-refractivity contribution < 1.29 is 4.79 Å². The topological polar surface area (TPSA) is 68.0 Å². The molecule has 1 amide bonds. The molecule has 1 unspecified atom stereocenters. The van der Waals surface area contributed by atoms with Gasteiger partial charge in [0.15, 0.2) is 0 Å². The summed E-state index contributed by atoms with van der Waals surface area (Å²) in [4.78, 5) is 15.7. The number of anilines is 1. The van der Waals surface area contributed by atoms with Crippen LogP contribution in [0.15, 0.2) is 12.3 Å². The first-order valence-electron chi connectivity index (χ1n) is 5.62. The van der Waals surface area contributed by atoms with E-state index in [9.17, 15) is 4.79 Å². The van der Waals surface area contributed by atoms with Crippen LogP contribution < -0.4 is 11.1 Å². The van der Waals surface area contributed by atoms with E-state index in [1.807, 2.05) is 6.92 Å². The molecule has 0 saturated carbocycles. The lowest BCUT2D eigenvalue weighted by Crippen LogP contribution is -2.33. The summed E-state index contributed by atoms with van der Waals surface area (Å²) in [5.41, 5.74) is 6.40. The summed E-state index contributed by atoms with van der Waals surface area (Å²) in [6.07, 6.45) is 2.31. The van der Waals surface area contributed by atoms with Gasteiger partial charge in [0.25, 0.3) is 5.91 Å². The van der Waals surface area contributed by atoms with E-state index in [4.69, 9.17) is 17.3 Å². The van der Waals surface area contributed by atoms with Crippen LogP contribution in [0, 0.1) is 5.92 Å². The van der Waals surface area contributed by atoms with Crippen LogP contribution in [0.25, 0.3) is 0 Å². The van der Waals surface area contributed by atoms with Crippen molar-refractivity contribution >= 4 is 23.2 Å². The Morgan fingerprint density at radius 1 is 1.53 bits per heavy atom. The normalized spacial score (nSPS) is 12.5. The maximum Gasteiger partial charge on any atom is 0.253 e. The van der Waals surface area contributed by atoms with Crippen LogP contribution in [0.1, 0.15) is 37.6 Å². The Hall–Kier alpha value is -1.29. The summed E-state index contributed by atoms with van der Waals surface area (Å²) in [6.45, 7) is 6.19. The fourth-order valence-electron chi connectivity index (χ4n) is 1.70. The molecule has 0 aliphatic carbocycles. The van der Waals surface area contributed by atoms with Crippen molar-refractivity contribution in [2.45, 2.75) is 33.2 Å². The van der Waals surface area contributed by atoms with Gasteiger partial charge < -0.3 is 11.1 Å². The Balaban J connectivity index is 2.73. The smallest absolute Gasteiger partial charge is 0.253 e. The lowest BCUT2D eigenvalue weighted by Gasteiger charge is -2.16. The molecule has 0 aliphatic heterocycles. The number of halogens is 1. The lowest BCUT2D eigenvalue weighted by molar-refractivity contribution is 0.0937. The van der Waals surface area contributed by atoms with E-state index in [2.05, 4.69) is 24.1 Å². The van der Waals surface area contributed by atoms with E-state index in [1.165, 1.54) is 12.3 Å². The molecule has 17 heavy (non-hydrogen) atoms. The Kier molecular flexibility index (Phi) is 4.75. The third kappa shape index (κ3) is 4.23. The van der Waals surface area contributed by atoms with E-state index in [0.717, 1.165) is 6.42 Å². The number of hydrogen-bond acceptors (Lipinski definition) is 3. The molecule has 3 N–H and O–H groups in total. The first-order chi connectivity index (χ1) is 7.90. The average Bonchev–Trinajstić information content (AvgIpc) is 2.20. The third-order valence-corrected chi connectivity index (χ3v) is 2.56. The van der Waals surface area contributed by atoms with E-state index in [1.54, 1.807) is 0 Å². The SMILES string of the molecule is CC(C)CC(C)NC(=O)c1cc(Cl)ncc1N. The molecule has 1 aromatic rings. The van der Waals surface area contributed by atoms with Gasteiger partial charge in [-0.3, -0.25) is 4.79 Å². The molecule has 0 aromatic carbocycles. The fourth-order valence-corrected chi connectivity index (χ4v) is 1.86. The second kappa shape index (κ2) is 5.87. The summed E-state index contributed by atoms with van der Waals surface area (Å²) in [6, 6.07) is 1.59. The number of nitrogens with one attached hydrogen (secondary N) is 1. The van der Waals surface area contributed by atoms with Gasteiger partial charge in [0.2, 0.25) is 0 Å². The number of aromatic nitrogens is 1. The van der Waals surface area contributed by atoms with Crippen molar-refractivity contribution in [2.75, 3.05) is 5.73 Å². The molecule has 4 nitrogen and oxygen atoms in total. The highest BCUT2D eigenvalue weighted by molar-refractivity contribution is 6.29. The number of carbonyl (C=O) groups excluding carboxylic acids is 1. The molecule has 94 valence electrons. The summed E-state index contributed by atoms with van der Waals surface area (Å²) in [5, 5.41) is 3.15. The van der Waals surface area contributed by atoms with E-state index in [-0.39, 0.29) is 17.1 Å². The predicted molar refractivity (Wildman–Crippen MR) is 70.0 cm³/mol. The van der Waals surface area contributed by atoms with Crippen molar-refractivity contribution in [3.05, 3.63) is 23.0 Å². The molecule has 0 spiro atoms. The van der Waals surface area contributed by atoms with Crippen LogP contribution in [0.2, 0.25) is 5.15 Å². The zero-order chi connectivity index (χ0) is 13.0. The maximum absolute atomic E-state index is 11.9. The highest BCUT2D eigenvalue weighted by Crippen LogP contribution is 2.15. The summed E-state index contributed by atoms with van der Waals surface area (Å²) >= 11 is 5.74. The van der Waals surface area contributed by atoms with Gasteiger partial charge in [0, 0.05) is 6.04 Å². The van der Waals surface area contributed by atoms with Crippen molar-refractivity contribution in [1.82, 2.24) is 10.3 Å². The van der Waals surface area contributed by atoms with Crippen LogP contribution >= 0.6 is 11.6 Å². The largest absolute Gasteiger partial charge is 0.397 e. The highest BCUT2D eigenvalue weighted by atomic mass is 35.5. The van der Waals surface area contributed by atoms with Crippen LogP contribution in [0.5, 0.6) is 0 Å². The van der Waals surface area contributed by atoms with Crippen molar-refractivity contribution in [3.63, 3.8) is 0 Å². The first kappa shape index (κ1) is 13.8. The number of pyridine rings is 1. The van der Waals surface area contributed by atoms with Gasteiger partial charge in [-0.25, -0.2) is 4.98 Å². The van der Waals surface area contributed by atoms with Crippen LogP contribution in [-0.2, 0) is 0 Å². The predicted octanol–water partition coefficient (Wildman–Crippen LogP) is 2.48. The highest BCUT2D eigenvalue weighted by Gasteiger charge is 2.14. The number of nitrogens with zero attached hydrogens (tertiary/aromatic N) is 1. The third-order valence-electron chi connectivity index (χ3n) is 2.35. The minimum absolute atomic E-state index is 0.105. The number of rotatable bonds is 4. The van der Waals surface area contributed by atoms with E-state index in [0.29, 0.717) is 17.2 Å². The summed E-state index contributed by atoms with van der Waals surface area (Å²) in [5.74, 6) is 0.323. The molecule has 5 heteroatoms. The van der Waals surface area contributed by atoms with Gasteiger partial charge in [-0.2, -0.15) is 0 Å². The number of carbonyl (C=O) groups is 1. The second-order valence-electron chi connectivity index (χ2n) is 4.60. The molecule has 0 bridgehead atoms. The first-order valence-corrected chi connectivity index (χ1v) is 5.99. The number of hydrogen-bond donors (Lipinski definition) is 2. The standard InChI is InChI=1S/C12H18ClN3O/c1-7(2)4-8(3)16-12(17)9-5-11(13)15-6-10(9)14/h5-8H,4,14H2,1-3H3,(H,16,17). The van der Waals surface area contributed by atoms with Gasteiger partial charge in [0.05, 0.1) is 17.4 Å². The monoisotopic (exact) mass is 255 g/mol. The number of nitrogen functional groups attached to an aromatic ring is 1. The van der Waals surface area contributed by atoms with Crippen molar-refractivity contribution in [2.24, 2.45) is 5.92 Å². The van der Waals surface area contributed by atoms with E-state index < -0.39 is 0 Å². The quantitative estimate of drug-likeness (QED) is 0.813. The molecule has 1 aromatic heterocycles. The van der Waals surface area contributed by atoms with Crippen LogP contribution in [0.3, 0.4) is 0 Å². The molecular weight excluding hydrogens is 238 g/mol. The molecule has 0 radical (unpaired) electrons. The zero-order valence-electron chi connectivity index (χ0n) is 10.3. The minimum atomic E-state index is -0.208. The van der Waals surface area contributed by atoms with E-state index >= 15 is 0 Å². The Morgan fingerprint density at radius 2 is 2.18 bits per heavy atom. The van der Waals surface area contributed by atoms with Gasteiger partial charge in [-0.1, -0.05) is 25.4 Å². The minimum Gasteiger partial charge on any atom is -0.397 e. The Bertz CT molecular complexity index is 407. The molecule has 0 aliphatic rings. The van der Waals surface area contributed by atoms with Gasteiger partial charge >= 0.3 is 0 Å². The average molecular weight is 256 g/mol. The molecule has 1 heterocycles.